The van der Waals surface area contributed by atoms with E-state index < -0.39 is 0 Å². The van der Waals surface area contributed by atoms with E-state index in [-0.39, 0.29) is 12.5 Å². The highest BCUT2D eigenvalue weighted by atomic mass is 35.5. The second-order valence-corrected chi connectivity index (χ2v) is 5.60. The number of hydrogen-bond acceptors (Lipinski definition) is 3. The summed E-state index contributed by atoms with van der Waals surface area (Å²) in [6.45, 7) is 0.431. The van der Waals surface area contributed by atoms with Gasteiger partial charge in [-0.15, -0.1) is 11.3 Å². The minimum absolute atomic E-state index is 0.0767. The van der Waals surface area contributed by atoms with Gasteiger partial charge in [0.05, 0.1) is 11.6 Å². The van der Waals surface area contributed by atoms with E-state index in [1.165, 1.54) is 0 Å². The monoisotopic (exact) mass is 315 g/mol. The van der Waals surface area contributed by atoms with Gasteiger partial charge in [-0.1, -0.05) is 29.3 Å². The maximum atomic E-state index is 11.6. The van der Waals surface area contributed by atoms with Gasteiger partial charge in [0.25, 0.3) is 5.91 Å². The molecule has 0 aliphatic heterocycles. The molecule has 1 N–H and O–H groups in total. The van der Waals surface area contributed by atoms with Crippen LogP contribution < -0.4 is 10.1 Å². The third kappa shape index (κ3) is 4.42. The molecule has 0 spiro atoms. The van der Waals surface area contributed by atoms with Crippen molar-refractivity contribution >= 4 is 40.4 Å². The maximum Gasteiger partial charge on any atom is 0.258 e. The van der Waals surface area contributed by atoms with E-state index in [9.17, 15) is 4.79 Å². The molecule has 6 heteroatoms. The number of ether oxygens (including phenoxy) is 1. The van der Waals surface area contributed by atoms with E-state index in [0.29, 0.717) is 22.3 Å². The predicted molar refractivity (Wildman–Crippen MR) is 78.1 cm³/mol. The summed E-state index contributed by atoms with van der Waals surface area (Å²) in [6, 6.07) is 8.77. The van der Waals surface area contributed by atoms with E-state index in [1.807, 2.05) is 17.5 Å². The average Bonchev–Trinajstić information content (AvgIpc) is 2.88. The predicted octanol–water partition coefficient (Wildman–Crippen LogP) is 3.75. The third-order valence-corrected chi connectivity index (χ3v) is 3.70. The fraction of sp³-hybridized carbons (Fsp3) is 0.154. The molecule has 1 aromatic heterocycles. The van der Waals surface area contributed by atoms with E-state index in [2.05, 4.69) is 5.32 Å². The van der Waals surface area contributed by atoms with Crippen molar-refractivity contribution in [3.05, 3.63) is 50.6 Å². The summed E-state index contributed by atoms with van der Waals surface area (Å²) < 4.78 is 5.32. The quantitative estimate of drug-likeness (QED) is 0.912. The molecule has 0 saturated heterocycles. The summed E-state index contributed by atoms with van der Waals surface area (Å²) in [5.74, 6) is 0.247. The number of hydrogen-bond donors (Lipinski definition) is 1. The SMILES string of the molecule is O=C(COc1ccc(Cl)cc1Cl)NCc1cccs1. The summed E-state index contributed by atoms with van der Waals surface area (Å²) in [4.78, 5) is 12.7. The Morgan fingerprint density at radius 3 is 2.84 bits per heavy atom. The minimum atomic E-state index is -0.195. The molecule has 0 fully saturated rings. The first-order chi connectivity index (χ1) is 9.15. The molecule has 0 radical (unpaired) electrons. The summed E-state index contributed by atoms with van der Waals surface area (Å²) in [7, 11) is 0. The summed E-state index contributed by atoms with van der Waals surface area (Å²) in [5, 5.41) is 5.64. The number of halogens is 2. The molecule has 0 unspecified atom stereocenters. The van der Waals surface area contributed by atoms with Gasteiger partial charge in [0.2, 0.25) is 0 Å². The Kier molecular flexibility index (Phi) is 5.07. The van der Waals surface area contributed by atoms with Crippen molar-refractivity contribution in [2.24, 2.45) is 0 Å². The topological polar surface area (TPSA) is 38.3 Å². The molecule has 2 aromatic rings. The van der Waals surface area contributed by atoms with Crippen LogP contribution in [-0.2, 0) is 11.3 Å². The Labute approximate surface area is 125 Å². The van der Waals surface area contributed by atoms with Crippen LogP contribution in [0.1, 0.15) is 4.88 Å². The molecule has 19 heavy (non-hydrogen) atoms. The lowest BCUT2D eigenvalue weighted by atomic mass is 10.3. The number of carbonyl (C=O) groups is 1. The molecule has 0 aliphatic carbocycles. The molecule has 0 saturated carbocycles. The zero-order valence-corrected chi connectivity index (χ0v) is 12.2. The minimum Gasteiger partial charge on any atom is -0.482 e. The van der Waals surface area contributed by atoms with Gasteiger partial charge in [-0.2, -0.15) is 0 Å². The van der Waals surface area contributed by atoms with Crippen LogP contribution in [0.3, 0.4) is 0 Å². The Morgan fingerprint density at radius 1 is 1.32 bits per heavy atom. The van der Waals surface area contributed by atoms with E-state index in [4.69, 9.17) is 27.9 Å². The number of rotatable bonds is 5. The molecule has 0 aliphatic rings. The van der Waals surface area contributed by atoms with Gasteiger partial charge in [-0.25, -0.2) is 0 Å². The summed E-state index contributed by atoms with van der Waals surface area (Å²) in [6.07, 6.45) is 0. The molecule has 100 valence electrons. The Balaban J connectivity index is 1.80. The normalized spacial score (nSPS) is 10.2. The van der Waals surface area contributed by atoms with Gasteiger partial charge in [-0.05, 0) is 29.6 Å². The van der Waals surface area contributed by atoms with Crippen LogP contribution in [0, 0.1) is 0 Å². The largest absolute Gasteiger partial charge is 0.482 e. The van der Waals surface area contributed by atoms with Gasteiger partial charge in [0.15, 0.2) is 6.61 Å². The van der Waals surface area contributed by atoms with E-state index in [1.54, 1.807) is 29.5 Å². The van der Waals surface area contributed by atoms with Crippen LogP contribution in [0.5, 0.6) is 5.75 Å². The molecular weight excluding hydrogens is 305 g/mol. The van der Waals surface area contributed by atoms with Crippen molar-refractivity contribution < 1.29 is 9.53 Å². The van der Waals surface area contributed by atoms with Crippen molar-refractivity contribution in [1.29, 1.82) is 0 Å². The molecule has 0 atom stereocenters. The Hall–Kier alpha value is -1.23. The van der Waals surface area contributed by atoms with Crippen LogP contribution in [0.2, 0.25) is 10.0 Å². The van der Waals surface area contributed by atoms with Crippen LogP contribution in [-0.4, -0.2) is 12.5 Å². The second kappa shape index (κ2) is 6.80. The van der Waals surface area contributed by atoms with Crippen molar-refractivity contribution in [3.8, 4) is 5.75 Å². The van der Waals surface area contributed by atoms with Crippen molar-refractivity contribution in [2.75, 3.05) is 6.61 Å². The van der Waals surface area contributed by atoms with Gasteiger partial charge in [-0.3, -0.25) is 4.79 Å². The van der Waals surface area contributed by atoms with Crippen LogP contribution in [0.15, 0.2) is 35.7 Å². The lowest BCUT2D eigenvalue weighted by Gasteiger charge is -2.08. The number of benzene rings is 1. The van der Waals surface area contributed by atoms with Gasteiger partial charge >= 0.3 is 0 Å². The highest BCUT2D eigenvalue weighted by Gasteiger charge is 2.06. The third-order valence-electron chi connectivity index (χ3n) is 2.29. The highest BCUT2D eigenvalue weighted by molar-refractivity contribution is 7.09. The first-order valence-electron chi connectivity index (χ1n) is 5.52. The molecular formula is C13H11Cl2NO2S. The van der Waals surface area contributed by atoms with Crippen LogP contribution in [0.25, 0.3) is 0 Å². The molecule has 1 heterocycles. The first kappa shape index (κ1) is 14.2. The standard InChI is InChI=1S/C13H11Cl2NO2S/c14-9-3-4-12(11(15)6-9)18-8-13(17)16-7-10-2-1-5-19-10/h1-6H,7-8H2,(H,16,17). The van der Waals surface area contributed by atoms with Crippen molar-refractivity contribution in [3.63, 3.8) is 0 Å². The number of carbonyl (C=O) groups excluding carboxylic acids is 1. The number of thiophene rings is 1. The van der Waals surface area contributed by atoms with E-state index in [0.717, 1.165) is 4.88 Å². The van der Waals surface area contributed by atoms with Crippen molar-refractivity contribution in [2.45, 2.75) is 6.54 Å². The maximum absolute atomic E-state index is 11.6. The van der Waals surface area contributed by atoms with Gasteiger partial charge in [0, 0.05) is 9.90 Å². The summed E-state index contributed by atoms with van der Waals surface area (Å²) in [5.41, 5.74) is 0. The highest BCUT2D eigenvalue weighted by Crippen LogP contribution is 2.27. The lowest BCUT2D eigenvalue weighted by molar-refractivity contribution is -0.123. The Bertz CT molecular complexity index is 558. The summed E-state index contributed by atoms with van der Waals surface area (Å²) >= 11 is 13.3. The fourth-order valence-corrected chi connectivity index (χ4v) is 2.49. The fourth-order valence-electron chi connectivity index (χ4n) is 1.39. The van der Waals surface area contributed by atoms with E-state index >= 15 is 0 Å². The van der Waals surface area contributed by atoms with Crippen LogP contribution in [0.4, 0.5) is 0 Å². The van der Waals surface area contributed by atoms with Gasteiger partial charge < -0.3 is 10.1 Å². The zero-order valence-electron chi connectivity index (χ0n) is 9.86. The molecule has 2 rings (SSSR count). The molecule has 0 bridgehead atoms. The molecule has 1 amide bonds. The number of amides is 1. The first-order valence-corrected chi connectivity index (χ1v) is 7.15. The van der Waals surface area contributed by atoms with Gasteiger partial charge in [0.1, 0.15) is 5.75 Å². The number of nitrogens with one attached hydrogen (secondary N) is 1. The average molecular weight is 316 g/mol. The smallest absolute Gasteiger partial charge is 0.258 e. The zero-order chi connectivity index (χ0) is 13.7. The molecule has 1 aromatic carbocycles. The second-order valence-electron chi connectivity index (χ2n) is 3.72. The van der Waals surface area contributed by atoms with Crippen molar-refractivity contribution in [1.82, 2.24) is 5.32 Å². The molecule has 3 nitrogen and oxygen atoms in total. The Morgan fingerprint density at radius 2 is 2.16 bits per heavy atom. The van der Waals surface area contributed by atoms with Crippen LogP contribution >= 0.6 is 34.5 Å². The lowest BCUT2D eigenvalue weighted by Crippen LogP contribution is -2.28.